The molecule has 0 aromatic heterocycles. The zero-order chi connectivity index (χ0) is 10.7. The second kappa shape index (κ2) is 4.99. The maximum atomic E-state index is 11.9. The van der Waals surface area contributed by atoms with Gasteiger partial charge in [0, 0.05) is 16.6 Å². The van der Waals surface area contributed by atoms with E-state index in [2.05, 4.69) is 0 Å². The van der Waals surface area contributed by atoms with Crippen molar-refractivity contribution in [1.29, 1.82) is 0 Å². The molecule has 2 rings (SSSR count). The minimum absolute atomic E-state index is 0.195. The van der Waals surface area contributed by atoms with E-state index in [1.807, 2.05) is 48.4 Å². The van der Waals surface area contributed by atoms with Crippen molar-refractivity contribution in [3.63, 3.8) is 0 Å². The van der Waals surface area contributed by atoms with Gasteiger partial charge in [-0.3, -0.25) is 0 Å². The van der Waals surface area contributed by atoms with E-state index in [4.69, 9.17) is 0 Å². The van der Waals surface area contributed by atoms with Crippen LogP contribution >= 0.6 is 11.8 Å². The second-order valence-corrected chi connectivity index (χ2v) is 7.09. The standard InChI is InChI=1S/C12H14OS2/c1-10-2-4-11(5-3-10)12(13)8-15-7-6-14-9-15/h2-5,8H,6-7,9H2,1H3/b12-8+. The highest BCUT2D eigenvalue weighted by molar-refractivity contribution is 8.18. The molecule has 0 amide bonds. The summed E-state index contributed by atoms with van der Waals surface area (Å²) in [7, 11) is 0.225. The first-order valence-corrected chi connectivity index (χ1v) is 7.74. The Balaban J connectivity index is 2.12. The van der Waals surface area contributed by atoms with E-state index in [9.17, 15) is 5.11 Å². The van der Waals surface area contributed by atoms with Crippen molar-refractivity contribution in [2.75, 3.05) is 16.6 Å². The van der Waals surface area contributed by atoms with Crippen molar-refractivity contribution >= 4 is 28.4 Å². The predicted molar refractivity (Wildman–Crippen MR) is 68.7 cm³/mol. The third-order valence-corrected chi connectivity index (χ3v) is 6.24. The van der Waals surface area contributed by atoms with Crippen LogP contribution in [0.5, 0.6) is 0 Å². The lowest BCUT2D eigenvalue weighted by molar-refractivity contribution is -0.243. The van der Waals surface area contributed by atoms with Crippen LogP contribution in [-0.2, 0) is 10.9 Å². The van der Waals surface area contributed by atoms with Gasteiger partial charge in [0.1, 0.15) is 11.2 Å². The number of benzene rings is 1. The minimum Gasteiger partial charge on any atom is -0.869 e. The van der Waals surface area contributed by atoms with Gasteiger partial charge in [-0.25, -0.2) is 0 Å². The Morgan fingerprint density at radius 2 is 2.13 bits per heavy atom. The van der Waals surface area contributed by atoms with Crippen LogP contribution in [0.1, 0.15) is 11.1 Å². The smallest absolute Gasteiger partial charge is 0.158 e. The van der Waals surface area contributed by atoms with Gasteiger partial charge in [-0.2, -0.15) is 0 Å². The Morgan fingerprint density at radius 3 is 2.73 bits per heavy atom. The van der Waals surface area contributed by atoms with E-state index in [1.54, 1.807) is 0 Å². The van der Waals surface area contributed by atoms with Crippen molar-refractivity contribution in [3.05, 3.63) is 40.8 Å². The molecular weight excluding hydrogens is 224 g/mol. The van der Waals surface area contributed by atoms with Gasteiger partial charge in [-0.15, -0.1) is 11.8 Å². The van der Waals surface area contributed by atoms with Crippen molar-refractivity contribution in [2.45, 2.75) is 6.92 Å². The number of thioether (sulfide) groups is 1. The highest BCUT2D eigenvalue weighted by Crippen LogP contribution is 2.22. The van der Waals surface area contributed by atoms with Gasteiger partial charge in [0.2, 0.25) is 0 Å². The van der Waals surface area contributed by atoms with Gasteiger partial charge in [-0.1, -0.05) is 35.6 Å². The summed E-state index contributed by atoms with van der Waals surface area (Å²) in [6, 6.07) is 7.82. The fourth-order valence-corrected chi connectivity index (χ4v) is 5.38. The zero-order valence-electron chi connectivity index (χ0n) is 8.73. The highest BCUT2D eigenvalue weighted by Gasteiger charge is 2.21. The lowest BCUT2D eigenvalue weighted by atomic mass is 10.1. The summed E-state index contributed by atoms with van der Waals surface area (Å²) in [6.45, 7) is 2.04. The molecule has 1 nitrogen and oxygen atoms in total. The molecule has 0 spiro atoms. The van der Waals surface area contributed by atoms with E-state index in [0.717, 1.165) is 10.6 Å². The lowest BCUT2D eigenvalue weighted by Gasteiger charge is -2.10. The number of hydrogen-bond donors (Lipinski definition) is 0. The molecule has 1 unspecified atom stereocenters. The summed E-state index contributed by atoms with van der Waals surface area (Å²) >= 11 is 1.95. The van der Waals surface area contributed by atoms with Crippen LogP contribution in [0.2, 0.25) is 0 Å². The molecule has 1 aromatic rings. The minimum atomic E-state index is 0.195. The normalized spacial score (nSPS) is 21.9. The van der Waals surface area contributed by atoms with Crippen LogP contribution in [0.4, 0.5) is 0 Å². The van der Waals surface area contributed by atoms with Crippen LogP contribution in [0.3, 0.4) is 0 Å². The number of aryl methyl sites for hydroxylation is 1. The summed E-state index contributed by atoms with van der Waals surface area (Å²) in [4.78, 5) is 0. The summed E-state index contributed by atoms with van der Waals surface area (Å²) in [6.07, 6.45) is 0. The van der Waals surface area contributed by atoms with E-state index in [-0.39, 0.29) is 16.7 Å². The van der Waals surface area contributed by atoms with Crippen LogP contribution in [0.15, 0.2) is 29.7 Å². The van der Waals surface area contributed by atoms with Crippen molar-refractivity contribution in [3.8, 4) is 0 Å². The van der Waals surface area contributed by atoms with E-state index in [0.29, 0.717) is 0 Å². The molecule has 0 aliphatic carbocycles. The van der Waals surface area contributed by atoms with Crippen molar-refractivity contribution < 1.29 is 5.11 Å². The molecular formula is C12H14OS2. The Labute approximate surface area is 97.9 Å². The Morgan fingerprint density at radius 1 is 1.40 bits per heavy atom. The first-order chi connectivity index (χ1) is 7.25. The van der Waals surface area contributed by atoms with Crippen molar-refractivity contribution in [1.82, 2.24) is 0 Å². The van der Waals surface area contributed by atoms with Gasteiger partial charge in [0.05, 0.1) is 0 Å². The molecule has 1 fully saturated rings. The van der Waals surface area contributed by atoms with Gasteiger partial charge in [0.15, 0.2) is 5.08 Å². The Hall–Kier alpha value is -0.540. The molecule has 1 heterocycles. The first kappa shape index (κ1) is 11.0. The molecule has 3 heteroatoms. The van der Waals surface area contributed by atoms with Crippen LogP contribution < -0.4 is 5.11 Å². The van der Waals surface area contributed by atoms with Gasteiger partial charge < -0.3 is 5.11 Å². The van der Waals surface area contributed by atoms with E-state index < -0.39 is 0 Å². The predicted octanol–water partition coefficient (Wildman–Crippen LogP) is 1.98. The van der Waals surface area contributed by atoms with Gasteiger partial charge in [-0.05, 0) is 12.5 Å². The largest absolute Gasteiger partial charge is 0.869 e. The average Bonchev–Trinajstić information content (AvgIpc) is 2.71. The maximum Gasteiger partial charge on any atom is 0.158 e. The molecule has 1 saturated heterocycles. The quantitative estimate of drug-likeness (QED) is 0.581. The summed E-state index contributed by atoms with van der Waals surface area (Å²) < 4.78 is 0. The molecule has 15 heavy (non-hydrogen) atoms. The van der Waals surface area contributed by atoms with Gasteiger partial charge in [0.25, 0.3) is 0 Å². The third kappa shape index (κ3) is 2.95. The number of rotatable bonds is 2. The van der Waals surface area contributed by atoms with E-state index in [1.165, 1.54) is 17.1 Å². The fraction of sp³-hybridized carbons (Fsp3) is 0.333. The summed E-state index contributed by atoms with van der Waals surface area (Å²) in [5.74, 6) is 2.59. The molecule has 1 aliphatic rings. The van der Waals surface area contributed by atoms with Crippen LogP contribution in [-0.4, -0.2) is 16.6 Å². The molecule has 0 N–H and O–H groups in total. The fourth-order valence-electron chi connectivity index (χ4n) is 1.42. The topological polar surface area (TPSA) is 23.1 Å². The maximum absolute atomic E-state index is 11.9. The molecule has 1 atom stereocenters. The molecule has 1 aromatic carbocycles. The monoisotopic (exact) mass is 238 g/mol. The van der Waals surface area contributed by atoms with Gasteiger partial charge >= 0.3 is 0 Å². The second-order valence-electron chi connectivity index (χ2n) is 3.62. The summed E-state index contributed by atoms with van der Waals surface area (Å²) in [5, 5.41) is 14.9. The third-order valence-electron chi connectivity index (χ3n) is 2.33. The summed E-state index contributed by atoms with van der Waals surface area (Å²) in [5.41, 5.74) is 2.02. The van der Waals surface area contributed by atoms with E-state index >= 15 is 0 Å². The molecule has 0 radical (unpaired) electrons. The van der Waals surface area contributed by atoms with Crippen LogP contribution in [0.25, 0.3) is 5.76 Å². The Bertz CT molecular complexity index is 350. The SMILES string of the molecule is Cc1ccc(/C([O-])=C\[S+]2CCSC2)cc1. The molecule has 80 valence electrons. The number of hydrogen-bond acceptors (Lipinski definition) is 2. The molecule has 1 aliphatic heterocycles. The van der Waals surface area contributed by atoms with Crippen molar-refractivity contribution in [2.24, 2.45) is 0 Å². The first-order valence-electron chi connectivity index (χ1n) is 4.95. The lowest BCUT2D eigenvalue weighted by Crippen LogP contribution is -2.07. The Kier molecular flexibility index (Phi) is 3.65. The molecule has 0 saturated carbocycles. The van der Waals surface area contributed by atoms with Crippen LogP contribution in [0, 0.1) is 6.92 Å². The average molecular weight is 238 g/mol. The highest BCUT2D eigenvalue weighted by atomic mass is 32.2. The molecule has 0 bridgehead atoms. The zero-order valence-corrected chi connectivity index (χ0v) is 10.4.